The molecule has 0 saturated carbocycles. The normalized spacial score (nSPS) is 12.1. The first-order chi connectivity index (χ1) is 6.70. The molecule has 14 heavy (non-hydrogen) atoms. The minimum atomic E-state index is -0.844. The molecule has 0 aromatic heterocycles. The van der Waals surface area contributed by atoms with Gasteiger partial charge in [0.25, 0.3) is 0 Å². The van der Waals surface area contributed by atoms with Crippen LogP contribution in [0.3, 0.4) is 0 Å². The molecular formula is C12H16OS. The Labute approximate surface area is 88.3 Å². The van der Waals surface area contributed by atoms with E-state index in [2.05, 4.69) is 19.9 Å². The highest BCUT2D eigenvalue weighted by molar-refractivity contribution is 7.85. The van der Waals surface area contributed by atoms with Crippen LogP contribution < -0.4 is 0 Å². The van der Waals surface area contributed by atoms with Crippen LogP contribution in [0.4, 0.5) is 0 Å². The molecule has 2 heteroatoms. The molecule has 1 atom stereocenters. The molecule has 0 aliphatic carbocycles. The van der Waals surface area contributed by atoms with E-state index in [9.17, 15) is 4.21 Å². The van der Waals surface area contributed by atoms with Crippen LogP contribution in [0.2, 0.25) is 0 Å². The summed E-state index contributed by atoms with van der Waals surface area (Å²) in [6, 6.07) is 9.62. The molecule has 0 amide bonds. The lowest BCUT2D eigenvalue weighted by atomic mass is 10.3. The first-order valence-electron chi connectivity index (χ1n) is 4.77. The fraction of sp³-hybridized carbons (Fsp3) is 0.333. The topological polar surface area (TPSA) is 17.1 Å². The molecule has 0 spiro atoms. The Morgan fingerprint density at radius 3 is 2.50 bits per heavy atom. The quantitative estimate of drug-likeness (QED) is 0.695. The van der Waals surface area contributed by atoms with Gasteiger partial charge in [-0.25, -0.2) is 0 Å². The molecule has 0 saturated heterocycles. The molecule has 0 aliphatic heterocycles. The fourth-order valence-electron chi connectivity index (χ4n) is 1.14. The van der Waals surface area contributed by atoms with E-state index in [1.807, 2.05) is 30.3 Å². The third-order valence-electron chi connectivity index (χ3n) is 1.86. The summed E-state index contributed by atoms with van der Waals surface area (Å²) >= 11 is 0. The van der Waals surface area contributed by atoms with Gasteiger partial charge in [-0.05, 0) is 32.4 Å². The molecule has 76 valence electrons. The molecule has 1 aromatic carbocycles. The number of allylic oxidation sites excluding steroid dienone is 2. The first-order valence-corrected chi connectivity index (χ1v) is 6.09. The Bertz CT molecular complexity index is 323. The number of hydrogen-bond donors (Lipinski definition) is 0. The van der Waals surface area contributed by atoms with E-state index in [1.165, 1.54) is 5.57 Å². The van der Waals surface area contributed by atoms with Crippen molar-refractivity contribution in [1.29, 1.82) is 0 Å². The average Bonchev–Trinajstić information content (AvgIpc) is 2.18. The van der Waals surface area contributed by atoms with Crippen molar-refractivity contribution >= 4 is 10.8 Å². The van der Waals surface area contributed by atoms with Crippen molar-refractivity contribution in [2.24, 2.45) is 0 Å². The smallest absolute Gasteiger partial charge is 0.0532 e. The lowest BCUT2D eigenvalue weighted by Crippen LogP contribution is -1.96. The zero-order valence-corrected chi connectivity index (χ0v) is 9.51. The fourth-order valence-corrected chi connectivity index (χ4v) is 2.17. The highest BCUT2D eigenvalue weighted by atomic mass is 32.2. The van der Waals surface area contributed by atoms with E-state index in [0.717, 1.165) is 17.1 Å². The van der Waals surface area contributed by atoms with Crippen LogP contribution in [0.15, 0.2) is 46.9 Å². The number of benzene rings is 1. The number of hydrogen-bond acceptors (Lipinski definition) is 1. The van der Waals surface area contributed by atoms with Gasteiger partial charge in [0.05, 0.1) is 10.8 Å². The van der Waals surface area contributed by atoms with E-state index >= 15 is 0 Å². The van der Waals surface area contributed by atoms with Crippen molar-refractivity contribution in [3.63, 3.8) is 0 Å². The lowest BCUT2D eigenvalue weighted by molar-refractivity contribution is 0.682. The van der Waals surface area contributed by atoms with E-state index in [4.69, 9.17) is 0 Å². The maximum absolute atomic E-state index is 11.7. The number of rotatable bonds is 4. The summed E-state index contributed by atoms with van der Waals surface area (Å²) in [5, 5.41) is 0. The van der Waals surface area contributed by atoms with Gasteiger partial charge in [0.1, 0.15) is 0 Å². The van der Waals surface area contributed by atoms with Crippen molar-refractivity contribution < 1.29 is 4.21 Å². The van der Waals surface area contributed by atoms with Gasteiger partial charge in [0, 0.05) is 10.6 Å². The summed E-state index contributed by atoms with van der Waals surface area (Å²) in [6.07, 6.45) is 3.02. The zero-order chi connectivity index (χ0) is 10.4. The first kappa shape index (κ1) is 11.2. The monoisotopic (exact) mass is 208 g/mol. The van der Waals surface area contributed by atoms with Gasteiger partial charge in [-0.2, -0.15) is 0 Å². The molecule has 0 radical (unpaired) electrons. The van der Waals surface area contributed by atoms with Crippen LogP contribution >= 0.6 is 0 Å². The summed E-state index contributed by atoms with van der Waals surface area (Å²) < 4.78 is 11.7. The van der Waals surface area contributed by atoms with Crippen molar-refractivity contribution in [2.75, 3.05) is 5.75 Å². The standard InChI is InChI=1S/C12H16OS/c1-11(2)7-6-10-14(13)12-8-4-3-5-9-12/h3-5,7-9H,6,10H2,1-2H3. The largest absolute Gasteiger partial charge is 0.254 e. The van der Waals surface area contributed by atoms with Crippen LogP contribution in [-0.4, -0.2) is 9.96 Å². The molecule has 0 fully saturated rings. The highest BCUT2D eigenvalue weighted by Gasteiger charge is 2.00. The van der Waals surface area contributed by atoms with Crippen molar-refractivity contribution in [1.82, 2.24) is 0 Å². The van der Waals surface area contributed by atoms with Gasteiger partial charge in [-0.3, -0.25) is 4.21 Å². The molecule has 1 nitrogen and oxygen atoms in total. The lowest BCUT2D eigenvalue weighted by Gasteiger charge is -1.99. The Morgan fingerprint density at radius 1 is 1.29 bits per heavy atom. The molecule has 1 unspecified atom stereocenters. The molecule has 1 aromatic rings. The van der Waals surface area contributed by atoms with E-state index in [-0.39, 0.29) is 0 Å². The zero-order valence-electron chi connectivity index (χ0n) is 8.69. The van der Waals surface area contributed by atoms with E-state index in [0.29, 0.717) is 0 Å². The Morgan fingerprint density at radius 2 is 1.93 bits per heavy atom. The van der Waals surface area contributed by atoms with Gasteiger partial charge in [-0.1, -0.05) is 29.8 Å². The molecule has 0 heterocycles. The maximum Gasteiger partial charge on any atom is 0.0532 e. The summed E-state index contributed by atoms with van der Waals surface area (Å²) in [5.41, 5.74) is 1.29. The summed E-state index contributed by atoms with van der Waals surface area (Å²) in [6.45, 7) is 4.12. The third-order valence-corrected chi connectivity index (χ3v) is 3.27. The second kappa shape index (κ2) is 5.76. The summed E-state index contributed by atoms with van der Waals surface area (Å²) in [7, 11) is -0.844. The van der Waals surface area contributed by atoms with Crippen LogP contribution in [0, 0.1) is 0 Å². The summed E-state index contributed by atoms with van der Waals surface area (Å²) in [5.74, 6) is 0.717. The second-order valence-corrected chi connectivity index (χ2v) is 5.00. The Balaban J connectivity index is 2.48. The highest BCUT2D eigenvalue weighted by Crippen LogP contribution is 2.07. The average molecular weight is 208 g/mol. The van der Waals surface area contributed by atoms with Gasteiger partial charge >= 0.3 is 0 Å². The van der Waals surface area contributed by atoms with Crippen LogP contribution in [0.1, 0.15) is 20.3 Å². The van der Waals surface area contributed by atoms with Crippen LogP contribution in [-0.2, 0) is 10.8 Å². The van der Waals surface area contributed by atoms with Gasteiger partial charge < -0.3 is 0 Å². The van der Waals surface area contributed by atoms with E-state index in [1.54, 1.807) is 0 Å². The van der Waals surface area contributed by atoms with Crippen molar-refractivity contribution in [2.45, 2.75) is 25.2 Å². The third kappa shape index (κ3) is 3.88. The van der Waals surface area contributed by atoms with Gasteiger partial charge in [0.15, 0.2) is 0 Å². The van der Waals surface area contributed by atoms with Crippen LogP contribution in [0.25, 0.3) is 0 Å². The van der Waals surface area contributed by atoms with Gasteiger partial charge in [0.2, 0.25) is 0 Å². The van der Waals surface area contributed by atoms with Crippen LogP contribution in [0.5, 0.6) is 0 Å². The Hall–Kier alpha value is -0.890. The molecule has 1 rings (SSSR count). The van der Waals surface area contributed by atoms with Crippen molar-refractivity contribution in [3.8, 4) is 0 Å². The van der Waals surface area contributed by atoms with Crippen molar-refractivity contribution in [3.05, 3.63) is 42.0 Å². The minimum Gasteiger partial charge on any atom is -0.254 e. The molecule has 0 N–H and O–H groups in total. The molecule has 0 aliphatic rings. The SMILES string of the molecule is CC(C)=CCCS(=O)c1ccccc1. The predicted molar refractivity (Wildman–Crippen MR) is 61.8 cm³/mol. The van der Waals surface area contributed by atoms with Gasteiger partial charge in [-0.15, -0.1) is 0 Å². The molecular weight excluding hydrogens is 192 g/mol. The Kier molecular flexibility index (Phi) is 4.60. The second-order valence-electron chi connectivity index (χ2n) is 3.43. The molecule has 0 bridgehead atoms. The predicted octanol–water partition coefficient (Wildman–Crippen LogP) is 3.15. The van der Waals surface area contributed by atoms with E-state index < -0.39 is 10.8 Å². The summed E-state index contributed by atoms with van der Waals surface area (Å²) in [4.78, 5) is 0.926. The minimum absolute atomic E-state index is 0.717. The maximum atomic E-state index is 11.7.